The molecule has 2 fully saturated rings. The summed E-state index contributed by atoms with van der Waals surface area (Å²) in [4.78, 5) is 13.8. The monoisotopic (exact) mass is 463 g/mol. The van der Waals surface area contributed by atoms with Gasteiger partial charge in [-0.3, -0.25) is 0 Å². The lowest BCUT2D eigenvalue weighted by atomic mass is 9.81. The molecule has 0 amide bonds. The lowest BCUT2D eigenvalue weighted by Crippen LogP contribution is -2.54. The second-order valence-electron chi connectivity index (χ2n) is 8.85. The zero-order chi connectivity index (χ0) is 22.0. The second kappa shape index (κ2) is 9.90. The van der Waals surface area contributed by atoms with E-state index < -0.39 is 0 Å². The molecule has 8 heteroatoms. The van der Waals surface area contributed by atoms with Crippen molar-refractivity contribution >= 4 is 35.0 Å². The Morgan fingerprint density at radius 3 is 2.74 bits per heavy atom. The third kappa shape index (κ3) is 5.25. The molecule has 0 spiro atoms. The number of nitrogens with zero attached hydrogens (tertiary/aromatic N) is 4. The van der Waals surface area contributed by atoms with Gasteiger partial charge in [0.1, 0.15) is 5.02 Å². The molecule has 1 aromatic heterocycles. The number of likely N-dealkylation sites (tertiary alicyclic amines) is 1. The van der Waals surface area contributed by atoms with E-state index in [4.69, 9.17) is 28.2 Å². The summed E-state index contributed by atoms with van der Waals surface area (Å²) in [6.45, 7) is 9.23. The van der Waals surface area contributed by atoms with Crippen LogP contribution in [0.15, 0.2) is 24.4 Å². The first kappa shape index (κ1) is 22.6. The first-order chi connectivity index (χ1) is 14.9. The van der Waals surface area contributed by atoms with Gasteiger partial charge in [0, 0.05) is 31.2 Å². The summed E-state index contributed by atoms with van der Waals surface area (Å²) in [7, 11) is 0. The van der Waals surface area contributed by atoms with E-state index in [0.717, 1.165) is 48.9 Å². The maximum Gasteiger partial charge on any atom is 0.227 e. The fourth-order valence-electron chi connectivity index (χ4n) is 4.67. The number of aliphatic hydroxyl groups is 1. The van der Waals surface area contributed by atoms with Crippen molar-refractivity contribution in [3.05, 3.63) is 45.6 Å². The molecule has 2 aliphatic heterocycles. The number of hydrogen-bond acceptors (Lipinski definition) is 6. The van der Waals surface area contributed by atoms with Gasteiger partial charge < -0.3 is 20.2 Å². The molecule has 0 radical (unpaired) electrons. The highest BCUT2D eigenvalue weighted by Crippen LogP contribution is 2.34. The number of aryl methyl sites for hydroxylation is 1. The Labute approximate surface area is 194 Å². The Bertz CT molecular complexity index is 904. The number of aromatic nitrogens is 2. The minimum atomic E-state index is -0.0303. The molecule has 2 aromatic rings. The van der Waals surface area contributed by atoms with Crippen LogP contribution >= 0.6 is 23.2 Å². The number of rotatable bonds is 7. The molecule has 3 heterocycles. The third-order valence-electron chi connectivity index (χ3n) is 6.52. The standard InChI is InChI=1S/C23H31Cl2N5O/c1-15-5-6-19(20(24)10-15)16(2)27-22-21(25)11-26-23(28-22)30-13-18(14-30)17-4-3-7-29(12-17)8-9-31/h5-6,10-11,16-18,31H,3-4,7-9,12-14H2,1-2H3,(H,26,27,28)/t16-,17+/m1/s1. The number of β-amino-alcohol motifs (C(OH)–C–C–N with tert-alkyl or cyclic N) is 1. The van der Waals surface area contributed by atoms with Gasteiger partial charge in [0.05, 0.1) is 18.8 Å². The highest BCUT2D eigenvalue weighted by Gasteiger charge is 2.37. The summed E-state index contributed by atoms with van der Waals surface area (Å²) in [6.07, 6.45) is 4.16. The average Bonchev–Trinajstić information content (AvgIpc) is 2.70. The summed E-state index contributed by atoms with van der Waals surface area (Å²) in [5.74, 6) is 2.69. The number of benzene rings is 1. The molecule has 2 atom stereocenters. The molecule has 31 heavy (non-hydrogen) atoms. The van der Waals surface area contributed by atoms with Crippen LogP contribution in [-0.2, 0) is 0 Å². The Morgan fingerprint density at radius 1 is 1.19 bits per heavy atom. The van der Waals surface area contributed by atoms with Crippen molar-refractivity contribution in [2.24, 2.45) is 11.8 Å². The highest BCUT2D eigenvalue weighted by molar-refractivity contribution is 6.33. The molecular weight excluding hydrogens is 433 g/mol. The van der Waals surface area contributed by atoms with Gasteiger partial charge in [-0.1, -0.05) is 35.3 Å². The van der Waals surface area contributed by atoms with Crippen LogP contribution in [0.2, 0.25) is 10.0 Å². The molecule has 6 nitrogen and oxygen atoms in total. The minimum absolute atomic E-state index is 0.0303. The molecule has 0 aliphatic carbocycles. The smallest absolute Gasteiger partial charge is 0.227 e. The number of aliphatic hydroxyl groups excluding tert-OH is 1. The van der Waals surface area contributed by atoms with Crippen LogP contribution in [0, 0.1) is 18.8 Å². The van der Waals surface area contributed by atoms with Crippen molar-refractivity contribution in [2.45, 2.75) is 32.7 Å². The molecule has 4 rings (SSSR count). The van der Waals surface area contributed by atoms with Crippen LogP contribution in [0.1, 0.15) is 36.9 Å². The summed E-state index contributed by atoms with van der Waals surface area (Å²) in [6, 6.07) is 6.03. The Morgan fingerprint density at radius 2 is 2.00 bits per heavy atom. The Kier molecular flexibility index (Phi) is 7.22. The molecule has 0 saturated carbocycles. The molecular formula is C23H31Cl2N5O. The van der Waals surface area contributed by atoms with Gasteiger partial charge in [-0.15, -0.1) is 0 Å². The lowest BCUT2D eigenvalue weighted by molar-refractivity contribution is 0.101. The van der Waals surface area contributed by atoms with Crippen molar-refractivity contribution in [1.29, 1.82) is 0 Å². The van der Waals surface area contributed by atoms with Crippen molar-refractivity contribution in [2.75, 3.05) is 49.5 Å². The summed E-state index contributed by atoms with van der Waals surface area (Å²) < 4.78 is 0. The number of nitrogens with one attached hydrogen (secondary N) is 1. The van der Waals surface area contributed by atoms with Gasteiger partial charge in [0.2, 0.25) is 5.95 Å². The number of halogens is 2. The summed E-state index contributed by atoms with van der Waals surface area (Å²) >= 11 is 12.8. The van der Waals surface area contributed by atoms with E-state index in [1.165, 1.54) is 12.8 Å². The number of hydrogen-bond donors (Lipinski definition) is 2. The lowest BCUT2D eigenvalue weighted by Gasteiger charge is -2.46. The Hall–Kier alpha value is -1.60. The van der Waals surface area contributed by atoms with Gasteiger partial charge in [0.25, 0.3) is 0 Å². The van der Waals surface area contributed by atoms with E-state index in [9.17, 15) is 5.11 Å². The van der Waals surface area contributed by atoms with E-state index in [2.05, 4.69) is 33.1 Å². The van der Waals surface area contributed by atoms with Crippen molar-refractivity contribution in [3.8, 4) is 0 Å². The zero-order valence-electron chi connectivity index (χ0n) is 18.2. The van der Waals surface area contributed by atoms with Crippen LogP contribution in [0.4, 0.5) is 11.8 Å². The van der Waals surface area contributed by atoms with Crippen molar-refractivity contribution in [1.82, 2.24) is 14.9 Å². The number of piperidine rings is 1. The first-order valence-corrected chi connectivity index (χ1v) is 11.8. The fraction of sp³-hybridized carbons (Fsp3) is 0.565. The van der Waals surface area contributed by atoms with E-state index in [1.54, 1.807) is 6.20 Å². The van der Waals surface area contributed by atoms with Gasteiger partial charge in [-0.25, -0.2) is 4.98 Å². The fourth-order valence-corrected chi connectivity index (χ4v) is 5.22. The minimum Gasteiger partial charge on any atom is -0.395 e. The topological polar surface area (TPSA) is 64.5 Å². The van der Waals surface area contributed by atoms with Crippen LogP contribution < -0.4 is 10.2 Å². The third-order valence-corrected chi connectivity index (χ3v) is 7.13. The predicted molar refractivity (Wildman–Crippen MR) is 127 cm³/mol. The van der Waals surface area contributed by atoms with Crippen LogP contribution in [0.25, 0.3) is 0 Å². The first-order valence-electron chi connectivity index (χ1n) is 11.1. The maximum absolute atomic E-state index is 9.23. The average molecular weight is 464 g/mol. The van der Waals surface area contributed by atoms with E-state index in [1.807, 2.05) is 19.1 Å². The predicted octanol–water partition coefficient (Wildman–Crippen LogP) is 4.41. The van der Waals surface area contributed by atoms with E-state index in [0.29, 0.717) is 28.6 Å². The van der Waals surface area contributed by atoms with Crippen LogP contribution in [0.3, 0.4) is 0 Å². The molecule has 2 aliphatic rings. The van der Waals surface area contributed by atoms with Gasteiger partial charge >= 0.3 is 0 Å². The van der Waals surface area contributed by atoms with Crippen molar-refractivity contribution < 1.29 is 5.11 Å². The van der Waals surface area contributed by atoms with Crippen LogP contribution in [0.5, 0.6) is 0 Å². The number of anilines is 2. The summed E-state index contributed by atoms with van der Waals surface area (Å²) in [5, 5.41) is 13.9. The largest absolute Gasteiger partial charge is 0.395 e. The Balaban J connectivity index is 1.38. The van der Waals surface area contributed by atoms with Gasteiger partial charge in [-0.05, 0) is 62.3 Å². The molecule has 0 unspecified atom stereocenters. The van der Waals surface area contributed by atoms with Gasteiger partial charge in [-0.2, -0.15) is 4.98 Å². The summed E-state index contributed by atoms with van der Waals surface area (Å²) in [5.41, 5.74) is 2.14. The molecule has 1 aromatic carbocycles. The molecule has 0 bridgehead atoms. The second-order valence-corrected chi connectivity index (χ2v) is 9.66. The molecule has 2 N–H and O–H groups in total. The van der Waals surface area contributed by atoms with E-state index >= 15 is 0 Å². The quantitative estimate of drug-likeness (QED) is 0.633. The zero-order valence-corrected chi connectivity index (χ0v) is 19.7. The van der Waals surface area contributed by atoms with E-state index in [-0.39, 0.29) is 12.6 Å². The molecule has 168 valence electrons. The van der Waals surface area contributed by atoms with Gasteiger partial charge in [0.15, 0.2) is 5.82 Å². The highest BCUT2D eigenvalue weighted by atomic mass is 35.5. The van der Waals surface area contributed by atoms with Crippen molar-refractivity contribution in [3.63, 3.8) is 0 Å². The SMILES string of the molecule is Cc1ccc([C@@H](C)Nc2nc(N3CC([C@H]4CCCN(CCO)C4)C3)ncc2Cl)c(Cl)c1. The molecule has 2 saturated heterocycles. The normalized spacial score (nSPS) is 21.1. The van der Waals surface area contributed by atoms with Crippen LogP contribution in [-0.4, -0.2) is 59.3 Å². The maximum atomic E-state index is 9.23.